The van der Waals surface area contributed by atoms with Crippen molar-refractivity contribution in [2.45, 2.75) is 45.6 Å². The van der Waals surface area contributed by atoms with Crippen LogP contribution in [0.5, 0.6) is 5.06 Å². The number of hydrogen-bond donors (Lipinski definition) is 2. The maximum absolute atomic E-state index is 12.4. The number of aromatic nitrogens is 1. The lowest BCUT2D eigenvalue weighted by molar-refractivity contribution is 0.216. The number of carbonyl (C=O) groups excluding carboxylic acids is 1. The van der Waals surface area contributed by atoms with Crippen LogP contribution in [-0.4, -0.2) is 17.6 Å². The molecule has 2 aromatic heterocycles. The fraction of sp³-hybridized carbons (Fsp3) is 0.417. The molecular weight excluding hydrogens is 394 g/mol. The van der Waals surface area contributed by atoms with Crippen molar-refractivity contribution in [3.8, 4) is 5.06 Å². The molecule has 1 saturated carbocycles. The first-order valence-corrected chi connectivity index (χ1v) is 11.6. The van der Waals surface area contributed by atoms with Crippen molar-refractivity contribution < 1.29 is 9.53 Å². The van der Waals surface area contributed by atoms with E-state index in [1.54, 1.807) is 6.20 Å². The summed E-state index contributed by atoms with van der Waals surface area (Å²) in [6.07, 6.45) is 8.08. The lowest BCUT2D eigenvalue weighted by atomic mass is 9.81. The maximum atomic E-state index is 12.4. The van der Waals surface area contributed by atoms with Crippen LogP contribution < -0.4 is 15.4 Å². The molecule has 1 aliphatic carbocycles. The van der Waals surface area contributed by atoms with Crippen molar-refractivity contribution >= 4 is 33.2 Å². The summed E-state index contributed by atoms with van der Waals surface area (Å²) in [5, 5.41) is 8.03. The van der Waals surface area contributed by atoms with Gasteiger partial charge >= 0.3 is 6.09 Å². The second-order valence-electron chi connectivity index (χ2n) is 8.12. The van der Waals surface area contributed by atoms with E-state index in [-0.39, 0.29) is 0 Å². The molecule has 3 aromatic rings. The number of nitrogens with zero attached hydrogens (tertiary/aromatic N) is 1. The van der Waals surface area contributed by atoms with Gasteiger partial charge in [-0.2, -0.15) is 0 Å². The topological polar surface area (TPSA) is 63.2 Å². The van der Waals surface area contributed by atoms with Gasteiger partial charge in [0.15, 0.2) is 5.06 Å². The van der Waals surface area contributed by atoms with Gasteiger partial charge in [0.25, 0.3) is 0 Å². The number of amides is 1. The van der Waals surface area contributed by atoms with Crippen molar-refractivity contribution in [2.75, 3.05) is 11.9 Å². The van der Waals surface area contributed by atoms with Crippen molar-refractivity contribution in [3.63, 3.8) is 0 Å². The number of anilines is 1. The summed E-state index contributed by atoms with van der Waals surface area (Å²) in [6, 6.07) is 13.6. The number of rotatable bonds is 7. The summed E-state index contributed by atoms with van der Waals surface area (Å²) in [5.41, 5.74) is 1.50. The van der Waals surface area contributed by atoms with Gasteiger partial charge in [-0.25, -0.2) is 4.79 Å². The zero-order valence-corrected chi connectivity index (χ0v) is 18.2. The molecule has 1 aromatic carbocycles. The highest BCUT2D eigenvalue weighted by atomic mass is 32.1. The van der Waals surface area contributed by atoms with Crippen LogP contribution >= 0.6 is 11.3 Å². The van der Waals surface area contributed by atoms with Crippen LogP contribution in [0.1, 0.15) is 44.7 Å². The molecule has 1 amide bonds. The Kier molecular flexibility index (Phi) is 6.97. The Labute approximate surface area is 181 Å². The Balaban J connectivity index is 1.31. The van der Waals surface area contributed by atoms with E-state index in [2.05, 4.69) is 22.5 Å². The van der Waals surface area contributed by atoms with E-state index >= 15 is 0 Å². The number of ether oxygens (including phenoxy) is 1. The average molecular weight is 424 g/mol. The lowest BCUT2D eigenvalue weighted by Gasteiger charge is -2.27. The van der Waals surface area contributed by atoms with Gasteiger partial charge in [0.1, 0.15) is 0 Å². The van der Waals surface area contributed by atoms with Gasteiger partial charge in [-0.1, -0.05) is 68.6 Å². The molecule has 0 spiro atoms. The van der Waals surface area contributed by atoms with Crippen LogP contribution in [0.15, 0.2) is 48.7 Å². The summed E-state index contributed by atoms with van der Waals surface area (Å²) in [7, 11) is 0. The summed E-state index contributed by atoms with van der Waals surface area (Å²) < 4.78 is 6.60. The summed E-state index contributed by atoms with van der Waals surface area (Å²) in [4.78, 5) is 16.9. The van der Waals surface area contributed by atoms with Gasteiger partial charge in [-0.3, -0.25) is 10.3 Å². The lowest BCUT2D eigenvalue weighted by Crippen LogP contribution is -2.28. The van der Waals surface area contributed by atoms with E-state index in [0.717, 1.165) is 28.2 Å². The number of thiophene rings is 1. The minimum Gasteiger partial charge on any atom is -0.399 e. The summed E-state index contributed by atoms with van der Waals surface area (Å²) in [6.45, 7) is 3.92. The minimum atomic E-state index is -0.494. The highest BCUT2D eigenvalue weighted by Crippen LogP contribution is 2.32. The van der Waals surface area contributed by atoms with Gasteiger partial charge in [-0.05, 0) is 42.0 Å². The van der Waals surface area contributed by atoms with E-state index in [1.807, 2.05) is 42.5 Å². The Morgan fingerprint density at radius 2 is 2.03 bits per heavy atom. The SMILES string of the molecule is CC(CNCc1ncccc1NC(=O)Oc1cc2ccccc2s1)C1CCCCC1. The molecule has 0 radical (unpaired) electrons. The first kappa shape index (κ1) is 20.8. The van der Waals surface area contributed by atoms with Crippen molar-refractivity contribution in [3.05, 3.63) is 54.4 Å². The van der Waals surface area contributed by atoms with Crippen molar-refractivity contribution in [2.24, 2.45) is 11.8 Å². The Morgan fingerprint density at radius 3 is 2.87 bits per heavy atom. The Hall–Kier alpha value is -2.44. The molecule has 1 unspecified atom stereocenters. The molecule has 30 heavy (non-hydrogen) atoms. The van der Waals surface area contributed by atoms with Gasteiger partial charge < -0.3 is 10.1 Å². The first-order chi connectivity index (χ1) is 14.7. The Morgan fingerprint density at radius 1 is 1.20 bits per heavy atom. The molecule has 1 atom stereocenters. The second-order valence-corrected chi connectivity index (χ2v) is 9.17. The maximum Gasteiger partial charge on any atom is 0.417 e. The molecule has 2 heterocycles. The number of carbonyl (C=O) groups is 1. The zero-order chi connectivity index (χ0) is 20.8. The molecular formula is C24H29N3O2S. The van der Waals surface area contributed by atoms with E-state index in [1.165, 1.54) is 43.4 Å². The second kappa shape index (κ2) is 10.0. The fourth-order valence-electron chi connectivity index (χ4n) is 4.22. The predicted molar refractivity (Wildman–Crippen MR) is 123 cm³/mol. The molecule has 0 aliphatic heterocycles. The van der Waals surface area contributed by atoms with Gasteiger partial charge in [-0.15, -0.1) is 0 Å². The fourth-order valence-corrected chi connectivity index (χ4v) is 5.13. The van der Waals surface area contributed by atoms with E-state index in [9.17, 15) is 4.79 Å². The number of hydrogen-bond acceptors (Lipinski definition) is 5. The number of pyridine rings is 1. The molecule has 1 fully saturated rings. The number of nitrogens with one attached hydrogen (secondary N) is 2. The molecule has 4 rings (SSSR count). The average Bonchev–Trinajstić information content (AvgIpc) is 3.17. The normalized spacial score (nSPS) is 15.8. The molecule has 5 nitrogen and oxygen atoms in total. The van der Waals surface area contributed by atoms with Crippen LogP contribution in [0.3, 0.4) is 0 Å². The molecule has 2 N–H and O–H groups in total. The smallest absolute Gasteiger partial charge is 0.399 e. The monoisotopic (exact) mass is 423 g/mol. The van der Waals surface area contributed by atoms with E-state index < -0.39 is 6.09 Å². The zero-order valence-electron chi connectivity index (χ0n) is 17.4. The first-order valence-electron chi connectivity index (χ1n) is 10.8. The third kappa shape index (κ3) is 5.37. The summed E-state index contributed by atoms with van der Waals surface area (Å²) in [5.74, 6) is 1.48. The predicted octanol–water partition coefficient (Wildman–Crippen LogP) is 6.21. The quantitative estimate of drug-likeness (QED) is 0.474. The van der Waals surface area contributed by atoms with Crippen LogP contribution in [0.2, 0.25) is 0 Å². The van der Waals surface area contributed by atoms with Crippen LogP contribution in [0, 0.1) is 11.8 Å². The highest BCUT2D eigenvalue weighted by Gasteiger charge is 2.20. The van der Waals surface area contributed by atoms with Crippen LogP contribution in [-0.2, 0) is 6.54 Å². The molecule has 0 bridgehead atoms. The molecule has 0 saturated heterocycles. The Bertz CT molecular complexity index is 948. The molecule has 158 valence electrons. The standard InChI is InChI=1S/C24H29N3O2S/c1-17(18-8-3-2-4-9-18)15-25-16-21-20(11-7-13-26-21)27-24(28)29-23-14-19-10-5-6-12-22(19)30-23/h5-7,10-14,17-18,25H,2-4,8-9,15-16H2,1H3,(H,27,28). The number of benzene rings is 1. The van der Waals surface area contributed by atoms with E-state index in [0.29, 0.717) is 23.2 Å². The highest BCUT2D eigenvalue weighted by molar-refractivity contribution is 7.20. The van der Waals surface area contributed by atoms with Gasteiger partial charge in [0.2, 0.25) is 0 Å². The van der Waals surface area contributed by atoms with Gasteiger partial charge in [0.05, 0.1) is 11.4 Å². The molecule has 1 aliphatic rings. The van der Waals surface area contributed by atoms with Crippen LogP contribution in [0.25, 0.3) is 10.1 Å². The number of fused-ring (bicyclic) bond motifs is 1. The van der Waals surface area contributed by atoms with Gasteiger partial charge in [0, 0.05) is 23.5 Å². The minimum absolute atomic E-state index is 0.494. The largest absolute Gasteiger partial charge is 0.417 e. The third-order valence-electron chi connectivity index (χ3n) is 5.94. The third-order valence-corrected chi connectivity index (χ3v) is 6.93. The summed E-state index contributed by atoms with van der Waals surface area (Å²) >= 11 is 1.46. The molecule has 6 heteroatoms. The van der Waals surface area contributed by atoms with Crippen molar-refractivity contribution in [1.29, 1.82) is 0 Å². The van der Waals surface area contributed by atoms with E-state index in [4.69, 9.17) is 4.74 Å². The van der Waals surface area contributed by atoms with Crippen LogP contribution in [0.4, 0.5) is 10.5 Å². The van der Waals surface area contributed by atoms with Crippen molar-refractivity contribution in [1.82, 2.24) is 10.3 Å².